The number of hydrogen-bond donors (Lipinski definition) is 0. The first-order chi connectivity index (χ1) is 37.9. The number of aromatic nitrogens is 4. The molecule has 444 valence electrons. The summed E-state index contributed by atoms with van der Waals surface area (Å²) in [5.41, 5.74) is -2.44. The highest BCUT2D eigenvalue weighted by molar-refractivity contribution is 7.48. The molecule has 4 heterocycles. The number of rotatable bonds is 24. The van der Waals surface area contributed by atoms with Gasteiger partial charge in [0, 0.05) is 37.6 Å². The molecular weight excluding hydrogens is 1110 g/mol. The fourth-order valence-electron chi connectivity index (χ4n) is 8.72. The number of phosphoric acid groups is 1. The molecule has 7 rings (SSSR count). The van der Waals surface area contributed by atoms with Crippen LogP contribution >= 0.6 is 7.82 Å². The molecule has 2 aliphatic rings. The average molecular weight is 1190 g/mol. The van der Waals surface area contributed by atoms with Gasteiger partial charge >= 0.3 is 25.4 Å². The van der Waals surface area contributed by atoms with Crippen molar-refractivity contribution in [3.63, 3.8) is 0 Å². The molecule has 2 saturated heterocycles. The van der Waals surface area contributed by atoms with Crippen LogP contribution in [-0.4, -0.2) is 85.7 Å². The van der Waals surface area contributed by atoms with E-state index in [-0.39, 0.29) is 48.6 Å². The molecule has 2 fully saturated rings. The highest BCUT2D eigenvalue weighted by Gasteiger charge is 2.53. The number of aryl methyl sites for hydroxylation is 1. The normalized spacial score (nSPS) is 21.8. The molecule has 2 aliphatic heterocycles. The highest BCUT2D eigenvalue weighted by Crippen LogP contribution is 2.55. The van der Waals surface area contributed by atoms with Gasteiger partial charge in [0.2, 0.25) is 0 Å². The maximum Gasteiger partial charge on any atom is 0.475 e. The molecule has 0 radical (unpaired) electrons. The predicted molar refractivity (Wildman–Crippen MR) is 300 cm³/mol. The molecule has 0 amide bonds. The van der Waals surface area contributed by atoms with E-state index in [1.165, 1.54) is 42.3 Å². The molecule has 8 atom stereocenters. The minimum absolute atomic E-state index is 0.0406. The third-order valence-corrected chi connectivity index (χ3v) is 25.9. The molecule has 1 unspecified atom stereocenters. The Labute approximate surface area is 471 Å². The van der Waals surface area contributed by atoms with Crippen molar-refractivity contribution in [3.05, 3.63) is 173 Å². The van der Waals surface area contributed by atoms with Gasteiger partial charge in [-0.15, -0.1) is 0 Å². The number of ether oxygens (including phenoxy) is 5. The van der Waals surface area contributed by atoms with Crippen molar-refractivity contribution in [2.75, 3.05) is 20.3 Å². The van der Waals surface area contributed by atoms with Gasteiger partial charge in [-0.25, -0.2) is 23.3 Å². The van der Waals surface area contributed by atoms with Crippen molar-refractivity contribution in [3.8, 4) is 0 Å². The van der Waals surface area contributed by atoms with E-state index in [2.05, 4.69) is 0 Å². The first kappa shape index (κ1) is 63.7. The number of methoxy groups -OCH3 is 1. The van der Waals surface area contributed by atoms with Gasteiger partial charge in [0.25, 0.3) is 11.1 Å². The largest absolute Gasteiger partial charge is 0.475 e. The topological polar surface area (TPSA) is 197 Å². The molecule has 0 bridgehead atoms. The van der Waals surface area contributed by atoms with Crippen LogP contribution in [-0.2, 0) is 90.1 Å². The summed E-state index contributed by atoms with van der Waals surface area (Å²) in [5.74, 6) is 0. The fraction of sp³-hybridized carbons (Fsp3) is 0.536. The zero-order valence-corrected chi connectivity index (χ0v) is 50.9. The Morgan fingerprint density at radius 2 is 1.23 bits per heavy atom. The quantitative estimate of drug-likeness (QED) is 0.0418. The Morgan fingerprint density at radius 1 is 0.667 bits per heavy atom. The predicted octanol–water partition coefficient (Wildman–Crippen LogP) is 10.0. The number of hydrogen-bond acceptors (Lipinski definition) is 15. The van der Waals surface area contributed by atoms with E-state index in [4.69, 9.17) is 46.1 Å². The lowest BCUT2D eigenvalue weighted by atomic mass is 10.1. The lowest BCUT2D eigenvalue weighted by Gasteiger charge is -2.39. The Kier molecular flexibility index (Phi) is 20.4. The lowest BCUT2D eigenvalue weighted by Crippen LogP contribution is -2.46. The number of benzene rings is 3. The van der Waals surface area contributed by atoms with E-state index in [0.717, 1.165) is 37.0 Å². The second kappa shape index (κ2) is 25.9. The van der Waals surface area contributed by atoms with Crippen LogP contribution in [0, 0.1) is 6.92 Å². The van der Waals surface area contributed by atoms with E-state index in [0.29, 0.717) is 0 Å². The standard InChI is InChI=1S/C56H76F3N4O15PSi2/c1-38-30-61(53(67)63(50(38)65)37-71-32-40-23-17-14-18-24-40)47-29-43(78-81(11,12)55(5,6)7)44(75-47)34-73-79(68,72-33-41-25-19-20-26-42(41)56(57,58)59)77-48-45(35-74-80(9,10)54(2,3)4)76-51(49(48)69-8)60-28-27-46(64)62(52(60)66)36-70-31-39-21-15-13-16-22-39/h13-28,30,43-45,47-49,51H,29,31-37H2,1-12H3/t43-,44+,45+,47+,48+,49+,51+,79?/m0/s1. The summed E-state index contributed by atoms with van der Waals surface area (Å²) in [6, 6.07) is 24.1. The summed E-state index contributed by atoms with van der Waals surface area (Å²) in [7, 11) is -9.21. The summed E-state index contributed by atoms with van der Waals surface area (Å²) in [4.78, 5) is 55.3. The van der Waals surface area contributed by atoms with Crippen LogP contribution in [0.1, 0.15) is 88.2 Å². The van der Waals surface area contributed by atoms with E-state index >= 15 is 4.57 Å². The van der Waals surface area contributed by atoms with E-state index < -0.39 is 127 Å². The van der Waals surface area contributed by atoms with Crippen LogP contribution < -0.4 is 22.5 Å². The number of nitrogens with zero attached hydrogens (tertiary/aromatic N) is 4. The highest BCUT2D eigenvalue weighted by atomic mass is 31.2. The van der Waals surface area contributed by atoms with Crippen molar-refractivity contribution in [2.24, 2.45) is 0 Å². The van der Waals surface area contributed by atoms with E-state index in [1.54, 1.807) is 6.92 Å². The molecular formula is C56H76F3N4O15PSi2. The summed E-state index contributed by atoms with van der Waals surface area (Å²) in [5, 5.41) is -0.665. The van der Waals surface area contributed by atoms with Gasteiger partial charge in [0.15, 0.2) is 22.9 Å². The lowest BCUT2D eigenvalue weighted by molar-refractivity contribution is -0.138. The molecule has 25 heteroatoms. The van der Waals surface area contributed by atoms with Gasteiger partial charge in [-0.1, -0.05) is 120 Å². The number of halogens is 3. The summed E-state index contributed by atoms with van der Waals surface area (Å²) in [6.45, 7) is 19.3. The second-order valence-electron chi connectivity index (χ2n) is 23.3. The van der Waals surface area contributed by atoms with Crippen LogP contribution in [0.4, 0.5) is 13.2 Å². The monoisotopic (exact) mass is 1190 g/mol. The van der Waals surface area contributed by atoms with Gasteiger partial charge < -0.3 is 32.5 Å². The van der Waals surface area contributed by atoms with Gasteiger partial charge in [-0.3, -0.25) is 32.3 Å². The summed E-state index contributed by atoms with van der Waals surface area (Å²) in [6.07, 6.45) is -10.7. The van der Waals surface area contributed by atoms with Crippen molar-refractivity contribution in [2.45, 2.75) is 174 Å². The first-order valence-electron chi connectivity index (χ1n) is 26.7. The average Bonchev–Trinajstić information content (AvgIpc) is 4.15. The van der Waals surface area contributed by atoms with Crippen molar-refractivity contribution in [1.82, 2.24) is 18.3 Å². The van der Waals surface area contributed by atoms with Crippen molar-refractivity contribution < 1.29 is 63.8 Å². The van der Waals surface area contributed by atoms with Crippen LogP contribution in [0.5, 0.6) is 0 Å². The van der Waals surface area contributed by atoms with Crippen LogP contribution in [0.3, 0.4) is 0 Å². The summed E-state index contributed by atoms with van der Waals surface area (Å²) < 4.78 is 127. The minimum atomic E-state index is -5.20. The van der Waals surface area contributed by atoms with Gasteiger partial charge in [0.1, 0.15) is 44.1 Å². The van der Waals surface area contributed by atoms with E-state index in [9.17, 15) is 32.3 Å². The van der Waals surface area contributed by atoms with Gasteiger partial charge in [-0.05, 0) is 65.9 Å². The summed E-state index contributed by atoms with van der Waals surface area (Å²) >= 11 is 0. The zero-order chi connectivity index (χ0) is 59.3. The van der Waals surface area contributed by atoms with Crippen LogP contribution in [0.15, 0.2) is 123 Å². The first-order valence-corrected chi connectivity index (χ1v) is 34.0. The molecule has 0 aliphatic carbocycles. The van der Waals surface area contributed by atoms with Crippen LogP contribution in [0.2, 0.25) is 36.3 Å². The maximum absolute atomic E-state index is 15.7. The molecule has 3 aromatic carbocycles. The van der Waals surface area contributed by atoms with Gasteiger partial charge in [0.05, 0.1) is 44.7 Å². The molecule has 0 N–H and O–H groups in total. The van der Waals surface area contributed by atoms with E-state index in [1.807, 2.05) is 128 Å². The molecule has 0 spiro atoms. The van der Waals surface area contributed by atoms with Crippen molar-refractivity contribution in [1.29, 1.82) is 0 Å². The molecule has 19 nitrogen and oxygen atoms in total. The number of phosphoric ester groups is 1. The fourth-order valence-corrected chi connectivity index (χ4v) is 12.5. The number of alkyl halides is 3. The minimum Gasteiger partial charge on any atom is -0.414 e. The Hall–Kier alpha value is -4.93. The Bertz CT molecular complexity index is 3220. The molecule has 81 heavy (non-hydrogen) atoms. The maximum atomic E-state index is 15.7. The molecule has 2 aromatic heterocycles. The van der Waals surface area contributed by atoms with Crippen LogP contribution in [0.25, 0.3) is 0 Å². The Balaban J connectivity index is 1.25. The smallest absolute Gasteiger partial charge is 0.414 e. The van der Waals surface area contributed by atoms with Crippen molar-refractivity contribution >= 4 is 24.5 Å². The third kappa shape index (κ3) is 15.5. The SMILES string of the molecule is CO[C@@H]1[C@H](OP(=O)(OCc2ccccc2C(F)(F)F)OC[C@H]2O[C@@H](n3cc(C)c(=O)n(COCc4ccccc4)c3=O)C[C@@H]2O[Si](C)(C)C(C)(C)C)[C@@H](CO[Si](C)(C)C(C)(C)C)O[C@H]1n1ccc(=O)n(COCc2ccccc2)c1=O. The Morgan fingerprint density at radius 3 is 1.81 bits per heavy atom. The van der Waals surface area contributed by atoms with Gasteiger partial charge in [-0.2, -0.15) is 13.2 Å². The zero-order valence-electron chi connectivity index (χ0n) is 48.0. The molecule has 0 saturated carbocycles. The second-order valence-corrected chi connectivity index (χ2v) is 34.5. The molecule has 5 aromatic rings. The third-order valence-electron chi connectivity index (χ3n) is 15.5.